The van der Waals surface area contributed by atoms with Crippen LogP contribution in [0.4, 0.5) is 4.79 Å². The molecule has 0 radical (unpaired) electrons. The van der Waals surface area contributed by atoms with Gasteiger partial charge in [-0.15, -0.1) is 10.2 Å². The molecule has 202 valence electrons. The van der Waals surface area contributed by atoms with Crippen LogP contribution in [0.3, 0.4) is 0 Å². The lowest BCUT2D eigenvalue weighted by atomic mass is 9.60. The van der Waals surface area contributed by atoms with Gasteiger partial charge in [-0.1, -0.05) is 91.0 Å². The van der Waals surface area contributed by atoms with Crippen molar-refractivity contribution in [2.75, 3.05) is 13.1 Å². The molecular weight excluding hydrogens is 486 g/mol. The number of likely N-dealkylation sites (tertiary alicyclic amines) is 1. The molecule has 0 aliphatic carbocycles. The summed E-state index contributed by atoms with van der Waals surface area (Å²) in [5, 5.41) is 17.9. The van der Waals surface area contributed by atoms with Gasteiger partial charge in [-0.3, -0.25) is 0 Å². The molecule has 3 aromatic rings. The highest BCUT2D eigenvalue weighted by Crippen LogP contribution is 2.54. The van der Waals surface area contributed by atoms with Crippen LogP contribution in [0.15, 0.2) is 112 Å². The molecule has 7 nitrogen and oxygen atoms in total. The lowest BCUT2D eigenvalue weighted by molar-refractivity contribution is 0.0177. The minimum atomic E-state index is -0.945. The van der Waals surface area contributed by atoms with Gasteiger partial charge in [0.05, 0.1) is 5.41 Å². The third-order valence-corrected chi connectivity index (χ3v) is 7.85. The Morgan fingerprint density at radius 1 is 0.795 bits per heavy atom. The first-order valence-corrected chi connectivity index (χ1v) is 13.8. The number of rotatable bonds is 7. The van der Waals surface area contributed by atoms with Crippen molar-refractivity contribution in [1.82, 2.24) is 4.90 Å². The smallest absolute Gasteiger partial charge is 0.410 e. The van der Waals surface area contributed by atoms with Crippen molar-refractivity contribution in [2.24, 2.45) is 26.6 Å². The van der Waals surface area contributed by atoms with Crippen LogP contribution >= 0.6 is 0 Å². The first kappa shape index (κ1) is 26.7. The van der Waals surface area contributed by atoms with Crippen molar-refractivity contribution in [3.05, 3.63) is 108 Å². The van der Waals surface area contributed by atoms with Gasteiger partial charge < -0.3 is 9.64 Å². The van der Waals surface area contributed by atoms with E-state index in [1.165, 1.54) is 0 Å². The van der Waals surface area contributed by atoms with Gasteiger partial charge in [-0.05, 0) is 79.5 Å². The molecule has 0 unspecified atom stereocenters. The summed E-state index contributed by atoms with van der Waals surface area (Å²) in [4.78, 5) is 14.4. The number of hydrogen-bond donors (Lipinski definition) is 0. The number of hydrogen-bond acceptors (Lipinski definition) is 6. The zero-order chi connectivity index (χ0) is 27.3. The Kier molecular flexibility index (Phi) is 7.60. The number of ether oxygens (including phenoxy) is 1. The second-order valence-corrected chi connectivity index (χ2v) is 11.5. The molecule has 5 rings (SSSR count). The first-order valence-electron chi connectivity index (χ1n) is 13.8. The Hall–Kier alpha value is -3.87. The summed E-state index contributed by atoms with van der Waals surface area (Å²) in [6.45, 7) is 7.09. The summed E-state index contributed by atoms with van der Waals surface area (Å²) in [6, 6.07) is 31.5. The van der Waals surface area contributed by atoms with E-state index in [4.69, 9.17) is 15.0 Å². The lowest BCUT2D eigenvalue weighted by Crippen LogP contribution is -2.50. The molecule has 0 atom stereocenters. The van der Waals surface area contributed by atoms with E-state index in [9.17, 15) is 4.79 Å². The largest absolute Gasteiger partial charge is 0.444 e. The van der Waals surface area contributed by atoms with Crippen molar-refractivity contribution >= 4 is 6.09 Å². The third-order valence-electron chi connectivity index (χ3n) is 7.85. The van der Waals surface area contributed by atoms with Gasteiger partial charge in [0.2, 0.25) is 5.66 Å². The predicted octanol–water partition coefficient (Wildman–Crippen LogP) is 7.98. The molecule has 2 aliphatic rings. The minimum Gasteiger partial charge on any atom is -0.444 e. The van der Waals surface area contributed by atoms with Gasteiger partial charge >= 0.3 is 6.09 Å². The summed E-state index contributed by atoms with van der Waals surface area (Å²) in [6.07, 6.45) is 3.17. The number of benzene rings is 3. The maximum absolute atomic E-state index is 12.6. The molecule has 2 heterocycles. The van der Waals surface area contributed by atoms with E-state index in [1.807, 2.05) is 43.9 Å². The van der Waals surface area contributed by atoms with E-state index in [2.05, 4.69) is 83.2 Å². The number of nitrogens with zero attached hydrogens (tertiary/aromatic N) is 5. The van der Waals surface area contributed by atoms with Crippen LogP contribution in [0.2, 0.25) is 0 Å². The minimum absolute atomic E-state index is 0.230. The van der Waals surface area contributed by atoms with E-state index in [1.54, 1.807) is 0 Å². The van der Waals surface area contributed by atoms with Gasteiger partial charge in [0, 0.05) is 13.1 Å². The maximum atomic E-state index is 12.6. The highest BCUT2D eigenvalue weighted by molar-refractivity contribution is 5.68. The van der Waals surface area contributed by atoms with Crippen LogP contribution in [0.5, 0.6) is 0 Å². The molecule has 0 bridgehead atoms. The molecule has 0 saturated carbocycles. The average Bonchev–Trinajstić information content (AvgIpc) is 3.44. The summed E-state index contributed by atoms with van der Waals surface area (Å²) in [5.74, 6) is 0.437. The van der Waals surface area contributed by atoms with Crippen LogP contribution < -0.4 is 0 Å². The Morgan fingerprint density at radius 3 is 1.64 bits per heavy atom. The van der Waals surface area contributed by atoms with Gasteiger partial charge in [0.25, 0.3) is 0 Å². The number of amides is 1. The van der Waals surface area contributed by atoms with Gasteiger partial charge in [-0.25, -0.2) is 4.79 Å². The predicted molar refractivity (Wildman–Crippen MR) is 151 cm³/mol. The van der Waals surface area contributed by atoms with Gasteiger partial charge in [-0.2, -0.15) is 0 Å². The van der Waals surface area contributed by atoms with Crippen LogP contribution in [0.25, 0.3) is 0 Å². The standard InChI is InChI=1S/C32H37N5O2/c1-30(2,3)39-29(38)37-23-20-25(21-24-37)19-22-31(33-35-36-34-31)32(26-13-7-4-8-14-26,27-15-9-5-10-16-27)28-17-11-6-12-18-28/h4-18,25H,19-24H2,1-3H3. The summed E-state index contributed by atoms with van der Waals surface area (Å²) in [7, 11) is 0. The monoisotopic (exact) mass is 523 g/mol. The van der Waals surface area contributed by atoms with E-state index in [0.29, 0.717) is 25.4 Å². The molecule has 1 fully saturated rings. The SMILES string of the molecule is CC(C)(C)OC(=O)N1CCC(CCC2(C(c3ccccc3)(c3ccccc3)c3ccccc3)N=NN=N2)CC1. The summed E-state index contributed by atoms with van der Waals surface area (Å²) < 4.78 is 5.59. The number of piperidine rings is 1. The Bertz CT molecular complexity index is 1190. The average molecular weight is 524 g/mol. The normalized spacial score (nSPS) is 17.4. The first-order chi connectivity index (χ1) is 18.8. The molecule has 1 saturated heterocycles. The fourth-order valence-corrected chi connectivity index (χ4v) is 6.04. The van der Waals surface area contributed by atoms with E-state index in [0.717, 1.165) is 36.0 Å². The highest BCUT2D eigenvalue weighted by atomic mass is 16.6. The quantitative estimate of drug-likeness (QED) is 0.294. The molecule has 3 aromatic carbocycles. The maximum Gasteiger partial charge on any atom is 0.410 e. The molecule has 0 aromatic heterocycles. The van der Waals surface area contributed by atoms with Gasteiger partial charge in [0.15, 0.2) is 0 Å². The molecule has 7 heteroatoms. The molecule has 1 amide bonds. The number of carbonyl (C=O) groups is 1. The summed E-state index contributed by atoms with van der Waals surface area (Å²) >= 11 is 0. The van der Waals surface area contributed by atoms with Gasteiger partial charge in [0.1, 0.15) is 5.60 Å². The van der Waals surface area contributed by atoms with Crippen molar-refractivity contribution in [3.63, 3.8) is 0 Å². The number of carbonyl (C=O) groups excluding carboxylic acids is 1. The lowest BCUT2D eigenvalue weighted by Gasteiger charge is -2.45. The third kappa shape index (κ3) is 5.35. The van der Waals surface area contributed by atoms with E-state index < -0.39 is 16.7 Å². The second-order valence-electron chi connectivity index (χ2n) is 11.5. The fraction of sp³-hybridized carbons (Fsp3) is 0.406. The van der Waals surface area contributed by atoms with Crippen molar-refractivity contribution in [2.45, 2.75) is 63.1 Å². The van der Waals surface area contributed by atoms with E-state index >= 15 is 0 Å². The van der Waals surface area contributed by atoms with Crippen LogP contribution in [-0.4, -0.2) is 35.3 Å². The van der Waals surface area contributed by atoms with Crippen LogP contribution in [0, 0.1) is 5.92 Å². The molecule has 39 heavy (non-hydrogen) atoms. The van der Waals surface area contributed by atoms with Crippen molar-refractivity contribution in [1.29, 1.82) is 0 Å². The highest BCUT2D eigenvalue weighted by Gasteiger charge is 2.57. The molecular formula is C32H37N5O2. The summed E-state index contributed by atoms with van der Waals surface area (Å²) in [5.41, 5.74) is 1.14. The van der Waals surface area contributed by atoms with Crippen molar-refractivity contribution in [3.8, 4) is 0 Å². The second kappa shape index (κ2) is 11.1. The molecule has 0 spiro atoms. The topological polar surface area (TPSA) is 79.0 Å². The zero-order valence-electron chi connectivity index (χ0n) is 23.0. The Morgan fingerprint density at radius 2 is 1.23 bits per heavy atom. The molecule has 0 N–H and O–H groups in total. The van der Waals surface area contributed by atoms with Crippen molar-refractivity contribution < 1.29 is 9.53 Å². The molecule has 2 aliphatic heterocycles. The van der Waals surface area contributed by atoms with E-state index in [-0.39, 0.29) is 6.09 Å². The Balaban J connectivity index is 1.48. The Labute approximate surface area is 231 Å². The van der Waals surface area contributed by atoms with Crippen LogP contribution in [-0.2, 0) is 10.2 Å². The fourth-order valence-electron chi connectivity index (χ4n) is 6.04. The zero-order valence-corrected chi connectivity index (χ0v) is 23.0. The van der Waals surface area contributed by atoms with Crippen LogP contribution in [0.1, 0.15) is 63.1 Å².